The Bertz CT molecular complexity index is 668. The van der Waals surface area contributed by atoms with E-state index in [1.165, 1.54) is 18.2 Å². The Morgan fingerprint density at radius 2 is 2.25 bits per heavy atom. The monoisotopic (exact) mass is 294 g/mol. The van der Waals surface area contributed by atoms with Gasteiger partial charge in [0, 0.05) is 13.2 Å². The lowest BCUT2D eigenvalue weighted by atomic mass is 10.1. The van der Waals surface area contributed by atoms with Crippen molar-refractivity contribution in [1.29, 1.82) is 0 Å². The van der Waals surface area contributed by atoms with Crippen molar-refractivity contribution in [3.05, 3.63) is 56.9 Å². The van der Waals surface area contributed by atoms with Gasteiger partial charge in [0.2, 0.25) is 0 Å². The van der Waals surface area contributed by atoms with Crippen molar-refractivity contribution in [2.24, 2.45) is 7.05 Å². The summed E-state index contributed by atoms with van der Waals surface area (Å²) in [5.41, 5.74) is 0.191. The van der Waals surface area contributed by atoms with Crippen molar-refractivity contribution in [3.8, 4) is 0 Å². The average Bonchev–Trinajstić information content (AvgIpc) is 2.81. The average molecular weight is 295 g/mol. The molecule has 104 valence electrons. The molecule has 0 fully saturated rings. The molecular weight excluding hydrogens is 284 g/mol. The number of halogens is 1. The largest absolute Gasteiger partial charge is 0.346 e. The predicted molar refractivity (Wildman–Crippen MR) is 72.5 cm³/mol. The van der Waals surface area contributed by atoms with Gasteiger partial charge in [-0.25, -0.2) is 0 Å². The lowest BCUT2D eigenvalue weighted by molar-refractivity contribution is -0.385. The van der Waals surface area contributed by atoms with Crippen LogP contribution in [0.5, 0.6) is 0 Å². The summed E-state index contributed by atoms with van der Waals surface area (Å²) in [7, 11) is 1.76. The van der Waals surface area contributed by atoms with E-state index < -0.39 is 16.5 Å². The summed E-state index contributed by atoms with van der Waals surface area (Å²) in [5.74, 6) is -0.565. The zero-order chi connectivity index (χ0) is 14.7. The fraction of sp³-hybridized carbons (Fsp3) is 0.167. The number of nitro benzene ring substituents is 1. The summed E-state index contributed by atoms with van der Waals surface area (Å²) >= 11 is 5.75. The minimum Gasteiger partial charge on any atom is -0.346 e. The van der Waals surface area contributed by atoms with Crippen molar-refractivity contribution >= 4 is 23.2 Å². The zero-order valence-electron chi connectivity index (χ0n) is 10.5. The molecule has 1 amide bonds. The maximum absolute atomic E-state index is 12.0. The molecule has 0 saturated carbocycles. The van der Waals surface area contributed by atoms with E-state index in [2.05, 4.69) is 10.4 Å². The van der Waals surface area contributed by atoms with Crippen LogP contribution in [0.2, 0.25) is 5.02 Å². The number of hydrogen-bond acceptors (Lipinski definition) is 4. The number of amides is 1. The Labute approximate surface area is 119 Å². The number of para-hydroxylation sites is 1. The van der Waals surface area contributed by atoms with E-state index >= 15 is 0 Å². The predicted octanol–water partition coefficient (Wildman–Crippen LogP) is 1.91. The highest BCUT2D eigenvalue weighted by Crippen LogP contribution is 2.28. The molecule has 0 atom stereocenters. The Morgan fingerprint density at radius 3 is 2.85 bits per heavy atom. The Hall–Kier alpha value is -2.41. The van der Waals surface area contributed by atoms with E-state index in [9.17, 15) is 14.9 Å². The van der Waals surface area contributed by atoms with Gasteiger partial charge < -0.3 is 5.32 Å². The molecular formula is C12H11ClN4O3. The Balaban J connectivity index is 2.17. The zero-order valence-corrected chi connectivity index (χ0v) is 11.3. The van der Waals surface area contributed by atoms with Crippen LogP contribution < -0.4 is 5.32 Å². The van der Waals surface area contributed by atoms with Crippen molar-refractivity contribution in [1.82, 2.24) is 15.1 Å². The summed E-state index contributed by atoms with van der Waals surface area (Å²) in [4.78, 5) is 22.3. The maximum atomic E-state index is 12.0. The number of nitrogens with one attached hydrogen (secondary N) is 1. The lowest BCUT2D eigenvalue weighted by Gasteiger charge is -2.05. The minimum atomic E-state index is -0.669. The summed E-state index contributed by atoms with van der Waals surface area (Å²) in [6.07, 6.45) is 1.74. The quantitative estimate of drug-likeness (QED) is 0.689. The van der Waals surface area contributed by atoms with Crippen LogP contribution in [0.15, 0.2) is 30.5 Å². The van der Waals surface area contributed by atoms with Crippen LogP contribution in [0.4, 0.5) is 5.69 Å². The molecule has 0 aliphatic rings. The fourth-order valence-electron chi connectivity index (χ4n) is 1.71. The minimum absolute atomic E-state index is 0.0690. The smallest absolute Gasteiger partial charge is 0.300 e. The van der Waals surface area contributed by atoms with E-state index in [0.717, 1.165) is 0 Å². The molecule has 0 aliphatic carbocycles. The van der Waals surface area contributed by atoms with Crippen LogP contribution in [0.1, 0.15) is 16.1 Å². The topological polar surface area (TPSA) is 90.1 Å². The summed E-state index contributed by atoms with van der Waals surface area (Å²) in [5, 5.41) is 17.5. The Kier molecular flexibility index (Phi) is 3.99. The number of carbonyl (C=O) groups is 1. The second-order valence-electron chi connectivity index (χ2n) is 4.06. The van der Waals surface area contributed by atoms with Crippen molar-refractivity contribution < 1.29 is 9.72 Å². The summed E-state index contributed by atoms with van der Waals surface area (Å²) in [6.45, 7) is 0.184. The molecule has 0 radical (unpaired) electrons. The second-order valence-corrected chi connectivity index (χ2v) is 4.46. The van der Waals surface area contributed by atoms with Crippen LogP contribution in [0.25, 0.3) is 0 Å². The van der Waals surface area contributed by atoms with E-state index in [1.54, 1.807) is 24.0 Å². The number of rotatable bonds is 4. The van der Waals surface area contributed by atoms with Crippen molar-refractivity contribution in [2.75, 3.05) is 0 Å². The van der Waals surface area contributed by atoms with Crippen LogP contribution in [-0.2, 0) is 13.6 Å². The molecule has 2 rings (SSSR count). The molecule has 8 heteroatoms. The molecule has 1 heterocycles. The van der Waals surface area contributed by atoms with Gasteiger partial charge in [0.1, 0.15) is 10.6 Å². The van der Waals surface area contributed by atoms with Crippen LogP contribution in [0, 0.1) is 10.1 Å². The molecule has 0 spiro atoms. The molecule has 0 unspecified atom stereocenters. The Morgan fingerprint density at radius 1 is 1.50 bits per heavy atom. The lowest BCUT2D eigenvalue weighted by Crippen LogP contribution is -2.24. The van der Waals surface area contributed by atoms with Gasteiger partial charge in [-0.05, 0) is 18.2 Å². The third-order valence-electron chi connectivity index (χ3n) is 2.61. The third-order valence-corrected chi connectivity index (χ3v) is 2.92. The second kappa shape index (κ2) is 5.70. The number of nitrogens with zero attached hydrogens (tertiary/aromatic N) is 3. The van der Waals surface area contributed by atoms with Gasteiger partial charge >= 0.3 is 5.69 Å². The fourth-order valence-corrected chi connectivity index (χ4v) is 1.95. The van der Waals surface area contributed by atoms with Gasteiger partial charge in [-0.15, -0.1) is 0 Å². The molecule has 0 bridgehead atoms. The standard InChI is InChI=1S/C12H11ClN4O3/c1-16-6-5-8(15-16)7-14-12(18)9-3-2-4-10(13)11(9)17(19)20/h2-6H,7H2,1H3,(H,14,18). The van der Waals surface area contributed by atoms with Gasteiger partial charge in [0.05, 0.1) is 17.2 Å². The van der Waals surface area contributed by atoms with Gasteiger partial charge in [-0.1, -0.05) is 17.7 Å². The van der Waals surface area contributed by atoms with Gasteiger partial charge in [-0.2, -0.15) is 5.10 Å². The van der Waals surface area contributed by atoms with E-state index in [-0.39, 0.29) is 17.1 Å². The van der Waals surface area contributed by atoms with Gasteiger partial charge in [-0.3, -0.25) is 19.6 Å². The number of hydrogen-bond donors (Lipinski definition) is 1. The molecule has 2 aromatic rings. The number of carbonyl (C=O) groups excluding carboxylic acids is 1. The first-order valence-corrected chi connectivity index (χ1v) is 6.06. The first-order chi connectivity index (χ1) is 9.49. The van der Waals surface area contributed by atoms with Crippen LogP contribution in [0.3, 0.4) is 0 Å². The number of nitro groups is 1. The number of benzene rings is 1. The van der Waals surface area contributed by atoms with Crippen LogP contribution in [-0.4, -0.2) is 20.6 Å². The number of aromatic nitrogens is 2. The van der Waals surface area contributed by atoms with Crippen molar-refractivity contribution in [2.45, 2.75) is 6.54 Å². The van der Waals surface area contributed by atoms with E-state index in [0.29, 0.717) is 5.69 Å². The number of aryl methyl sites for hydroxylation is 1. The van der Waals surface area contributed by atoms with Gasteiger partial charge in [0.25, 0.3) is 5.91 Å². The molecule has 0 aliphatic heterocycles. The van der Waals surface area contributed by atoms with Crippen molar-refractivity contribution in [3.63, 3.8) is 0 Å². The van der Waals surface area contributed by atoms with E-state index in [4.69, 9.17) is 11.6 Å². The molecule has 1 aromatic heterocycles. The highest BCUT2D eigenvalue weighted by molar-refractivity contribution is 6.33. The van der Waals surface area contributed by atoms with E-state index in [1.807, 2.05) is 0 Å². The first kappa shape index (κ1) is 14.0. The van der Waals surface area contributed by atoms with Gasteiger partial charge in [0.15, 0.2) is 0 Å². The third kappa shape index (κ3) is 2.94. The highest BCUT2D eigenvalue weighted by Gasteiger charge is 2.23. The molecule has 0 saturated heterocycles. The first-order valence-electron chi connectivity index (χ1n) is 5.68. The maximum Gasteiger partial charge on any atom is 0.300 e. The summed E-state index contributed by atoms with van der Waals surface area (Å²) in [6, 6.07) is 5.96. The SMILES string of the molecule is Cn1ccc(CNC(=O)c2cccc(Cl)c2[N+](=O)[O-])n1. The molecule has 7 nitrogen and oxygen atoms in total. The molecule has 1 N–H and O–H groups in total. The molecule has 20 heavy (non-hydrogen) atoms. The normalized spacial score (nSPS) is 10.3. The highest BCUT2D eigenvalue weighted by atomic mass is 35.5. The molecule has 1 aromatic carbocycles. The van der Waals surface area contributed by atoms with Crippen LogP contribution >= 0.6 is 11.6 Å². The summed E-state index contributed by atoms with van der Waals surface area (Å²) < 4.78 is 1.60.